The van der Waals surface area contributed by atoms with Crippen LogP contribution in [0.2, 0.25) is 0 Å². The van der Waals surface area contributed by atoms with Gasteiger partial charge in [0.15, 0.2) is 0 Å². The molecule has 174 valence electrons. The monoisotopic (exact) mass is 428 g/mol. The molecule has 0 radical (unpaired) electrons. The quantitative estimate of drug-likeness (QED) is 0.213. The zero-order valence-electron chi connectivity index (χ0n) is 20.9. The molecule has 0 aromatic heterocycles. The van der Waals surface area contributed by atoms with Gasteiger partial charge in [-0.25, -0.2) is 0 Å². The summed E-state index contributed by atoms with van der Waals surface area (Å²) in [5.74, 6) is 0.237. The molecular weight excluding hydrogens is 382 g/mol. The summed E-state index contributed by atoms with van der Waals surface area (Å²) in [6.07, 6.45) is 22.4. The standard InChI is InChI=1S/C26H39NO2.C2H6/c1-21(10-7-6-8-12-24(29)15-17-27-18-19-28)20-22(2)13-14-25-23(3)11-9-16-26(25,4)5;1-2/h6-7,10,12-15,17,20,27-29H,8-9,11,16,18-19H2,1-5H3;1-2H3/p+1/b7-6+,14-13+,17-15-,21-10+,22-20+,24-12+;. The van der Waals surface area contributed by atoms with Crippen molar-refractivity contribution in [1.82, 2.24) is 0 Å². The first-order valence-electron chi connectivity index (χ1n) is 11.7. The van der Waals surface area contributed by atoms with Crippen LogP contribution in [0.3, 0.4) is 0 Å². The van der Waals surface area contributed by atoms with Gasteiger partial charge in [0.05, 0.1) is 12.8 Å². The Morgan fingerprint density at radius 1 is 1.13 bits per heavy atom. The van der Waals surface area contributed by atoms with Crippen molar-refractivity contribution in [3.63, 3.8) is 0 Å². The second-order valence-electron chi connectivity index (χ2n) is 8.46. The summed E-state index contributed by atoms with van der Waals surface area (Å²) >= 11 is 0. The zero-order chi connectivity index (χ0) is 23.7. The Labute approximate surface area is 191 Å². The van der Waals surface area contributed by atoms with E-state index in [0.29, 0.717) is 13.0 Å². The summed E-state index contributed by atoms with van der Waals surface area (Å²) in [5.41, 5.74) is 5.74. The average Bonchev–Trinajstić information content (AvgIpc) is 2.71. The summed E-state index contributed by atoms with van der Waals surface area (Å²) in [6, 6.07) is 0. The third kappa shape index (κ3) is 13.0. The third-order valence-electron chi connectivity index (χ3n) is 5.17. The maximum Gasteiger partial charge on any atom is 0.117 e. The Balaban J connectivity index is 0.00000436. The van der Waals surface area contributed by atoms with E-state index in [9.17, 15) is 5.11 Å². The summed E-state index contributed by atoms with van der Waals surface area (Å²) in [6.45, 7) is 15.9. The Kier molecular flexibility index (Phi) is 15.5. The summed E-state index contributed by atoms with van der Waals surface area (Å²) in [7, 11) is 0. The molecule has 0 saturated heterocycles. The molecule has 0 aromatic rings. The van der Waals surface area contributed by atoms with Crippen LogP contribution < -0.4 is 5.32 Å². The smallest absolute Gasteiger partial charge is 0.117 e. The SMILES string of the molecule is CC.CC1=C(/C=C/C(C)=C/C(C)=C/C=C/C/C=C(O)\C=C/[NH2+]CCO)C(C)(C)CCC1. The Morgan fingerprint density at radius 3 is 2.48 bits per heavy atom. The van der Waals surface area contributed by atoms with Crippen LogP contribution in [0.25, 0.3) is 0 Å². The van der Waals surface area contributed by atoms with E-state index in [2.05, 4.69) is 58.9 Å². The van der Waals surface area contributed by atoms with Crippen molar-refractivity contribution in [2.24, 2.45) is 5.41 Å². The van der Waals surface area contributed by atoms with Crippen molar-refractivity contribution in [2.75, 3.05) is 13.2 Å². The van der Waals surface area contributed by atoms with Gasteiger partial charge >= 0.3 is 0 Å². The van der Waals surface area contributed by atoms with Crippen molar-refractivity contribution in [3.8, 4) is 0 Å². The van der Waals surface area contributed by atoms with E-state index in [1.807, 2.05) is 31.3 Å². The summed E-state index contributed by atoms with van der Waals surface area (Å²) in [4.78, 5) is 0. The van der Waals surface area contributed by atoms with Gasteiger partial charge in [0.1, 0.15) is 12.3 Å². The molecule has 3 heteroatoms. The fourth-order valence-corrected chi connectivity index (χ4v) is 3.57. The molecule has 0 atom stereocenters. The molecule has 1 rings (SSSR count). The number of rotatable bonds is 10. The molecular formula is C28H46NO2+. The number of hydrogen-bond acceptors (Lipinski definition) is 2. The van der Waals surface area contributed by atoms with Crippen molar-refractivity contribution in [3.05, 3.63) is 82.9 Å². The van der Waals surface area contributed by atoms with Gasteiger partial charge in [-0.05, 0) is 63.5 Å². The second kappa shape index (κ2) is 16.6. The minimum Gasteiger partial charge on any atom is -0.508 e. The molecule has 1 aliphatic carbocycles. The predicted octanol–water partition coefficient (Wildman–Crippen LogP) is 6.45. The number of hydrogen-bond donors (Lipinski definition) is 3. The maximum atomic E-state index is 9.72. The third-order valence-corrected chi connectivity index (χ3v) is 5.17. The molecule has 0 bridgehead atoms. The van der Waals surface area contributed by atoms with Crippen molar-refractivity contribution < 1.29 is 15.5 Å². The van der Waals surface area contributed by atoms with Gasteiger partial charge in [-0.1, -0.05) is 80.9 Å². The van der Waals surface area contributed by atoms with Crippen LogP contribution in [0.4, 0.5) is 0 Å². The summed E-state index contributed by atoms with van der Waals surface area (Å²) in [5, 5.41) is 20.2. The van der Waals surface area contributed by atoms with Crippen LogP contribution in [0.15, 0.2) is 82.9 Å². The van der Waals surface area contributed by atoms with Crippen LogP contribution >= 0.6 is 0 Å². The van der Waals surface area contributed by atoms with E-state index in [0.717, 1.165) is 0 Å². The van der Waals surface area contributed by atoms with E-state index in [4.69, 9.17) is 5.11 Å². The molecule has 3 nitrogen and oxygen atoms in total. The molecule has 0 aliphatic heterocycles. The fourth-order valence-electron chi connectivity index (χ4n) is 3.57. The maximum absolute atomic E-state index is 9.72. The minimum atomic E-state index is 0.127. The lowest BCUT2D eigenvalue weighted by Gasteiger charge is -2.32. The number of quaternary nitrogens is 1. The zero-order valence-corrected chi connectivity index (χ0v) is 20.9. The normalized spacial score (nSPS) is 18.3. The molecule has 0 unspecified atom stereocenters. The average molecular weight is 429 g/mol. The largest absolute Gasteiger partial charge is 0.508 e. The lowest BCUT2D eigenvalue weighted by molar-refractivity contribution is -0.589. The molecule has 0 fully saturated rings. The van der Waals surface area contributed by atoms with E-state index in [-0.39, 0.29) is 17.8 Å². The van der Waals surface area contributed by atoms with Crippen molar-refractivity contribution in [2.45, 2.75) is 74.1 Å². The van der Waals surface area contributed by atoms with E-state index in [1.165, 1.54) is 41.6 Å². The Bertz CT molecular complexity index is 728. The van der Waals surface area contributed by atoms with Crippen LogP contribution in [0, 0.1) is 5.41 Å². The molecule has 1 aliphatic rings. The number of nitrogens with two attached hydrogens (primary N) is 1. The van der Waals surface area contributed by atoms with E-state index < -0.39 is 0 Å². The molecule has 4 N–H and O–H groups in total. The van der Waals surface area contributed by atoms with Crippen LogP contribution in [0.5, 0.6) is 0 Å². The first-order chi connectivity index (χ1) is 14.8. The molecule has 0 amide bonds. The van der Waals surface area contributed by atoms with Crippen LogP contribution in [0.1, 0.15) is 74.1 Å². The number of aliphatic hydroxyl groups is 2. The fraction of sp³-hybridized carbons (Fsp3) is 0.500. The van der Waals surface area contributed by atoms with Crippen molar-refractivity contribution in [1.29, 1.82) is 0 Å². The molecule has 0 spiro atoms. The highest BCUT2D eigenvalue weighted by Crippen LogP contribution is 2.40. The highest BCUT2D eigenvalue weighted by molar-refractivity contribution is 5.38. The molecule has 0 aromatic carbocycles. The topological polar surface area (TPSA) is 57.1 Å². The van der Waals surface area contributed by atoms with Crippen molar-refractivity contribution >= 4 is 0 Å². The van der Waals surface area contributed by atoms with Gasteiger partial charge in [0, 0.05) is 6.08 Å². The van der Waals surface area contributed by atoms with E-state index >= 15 is 0 Å². The molecule has 31 heavy (non-hydrogen) atoms. The summed E-state index contributed by atoms with van der Waals surface area (Å²) < 4.78 is 0. The van der Waals surface area contributed by atoms with Crippen LogP contribution in [-0.2, 0) is 0 Å². The predicted molar refractivity (Wildman–Crippen MR) is 136 cm³/mol. The van der Waals surface area contributed by atoms with Gasteiger partial charge < -0.3 is 15.5 Å². The van der Waals surface area contributed by atoms with Gasteiger partial charge in [-0.2, -0.15) is 0 Å². The number of aliphatic hydroxyl groups excluding tert-OH is 2. The molecule has 0 heterocycles. The lowest BCUT2D eigenvalue weighted by atomic mass is 9.72. The van der Waals surface area contributed by atoms with Gasteiger partial charge in [-0.15, -0.1) is 0 Å². The number of allylic oxidation sites excluding steroid dienone is 12. The highest BCUT2D eigenvalue weighted by atomic mass is 16.3. The minimum absolute atomic E-state index is 0.127. The highest BCUT2D eigenvalue weighted by Gasteiger charge is 2.26. The van der Waals surface area contributed by atoms with Crippen LogP contribution in [-0.4, -0.2) is 23.4 Å². The molecule has 0 saturated carbocycles. The Hall–Kier alpha value is -2.10. The second-order valence-corrected chi connectivity index (χ2v) is 8.46. The lowest BCUT2D eigenvalue weighted by Crippen LogP contribution is -2.79. The first-order valence-corrected chi connectivity index (χ1v) is 11.7. The van der Waals surface area contributed by atoms with Gasteiger partial charge in [0.25, 0.3) is 0 Å². The van der Waals surface area contributed by atoms with Gasteiger partial charge in [-0.3, -0.25) is 0 Å². The van der Waals surface area contributed by atoms with E-state index in [1.54, 1.807) is 18.4 Å². The van der Waals surface area contributed by atoms with Gasteiger partial charge in [0.2, 0.25) is 0 Å². The first kappa shape index (κ1) is 28.9. The Morgan fingerprint density at radius 2 is 1.84 bits per heavy atom.